The van der Waals surface area contributed by atoms with Crippen LogP contribution in [-0.4, -0.2) is 59.0 Å². The molecule has 0 aliphatic carbocycles. The maximum absolute atomic E-state index is 13.1. The zero-order valence-corrected chi connectivity index (χ0v) is 17.7. The molecule has 2 saturated heterocycles. The Morgan fingerprint density at radius 3 is 2.48 bits per heavy atom. The van der Waals surface area contributed by atoms with Gasteiger partial charge in [-0.1, -0.05) is 26.0 Å². The van der Waals surface area contributed by atoms with E-state index < -0.39 is 11.5 Å². The zero-order valence-electron chi connectivity index (χ0n) is 17.7. The van der Waals surface area contributed by atoms with Crippen molar-refractivity contribution in [3.8, 4) is 0 Å². The van der Waals surface area contributed by atoms with E-state index in [4.69, 9.17) is 4.74 Å². The van der Waals surface area contributed by atoms with Crippen molar-refractivity contribution in [2.45, 2.75) is 58.7 Å². The number of hydrogen-bond acceptors (Lipinski definition) is 5. The summed E-state index contributed by atoms with van der Waals surface area (Å²) >= 11 is 0. The van der Waals surface area contributed by atoms with Crippen LogP contribution in [0.3, 0.4) is 0 Å². The SMILES string of the molecule is CC(C)CN1CCC2(CC1)NC(=O)N(Cc1cccc(C(=O)OC(C)C)c1)C2=O. The van der Waals surface area contributed by atoms with Crippen molar-refractivity contribution < 1.29 is 19.1 Å². The summed E-state index contributed by atoms with van der Waals surface area (Å²) in [6.45, 7) is 10.7. The van der Waals surface area contributed by atoms with Gasteiger partial charge in [-0.15, -0.1) is 0 Å². The number of carbonyl (C=O) groups is 3. The average Bonchev–Trinajstić information content (AvgIpc) is 2.87. The lowest BCUT2D eigenvalue weighted by Gasteiger charge is -2.38. The van der Waals surface area contributed by atoms with Gasteiger partial charge >= 0.3 is 12.0 Å². The van der Waals surface area contributed by atoms with E-state index in [-0.39, 0.29) is 24.6 Å². The van der Waals surface area contributed by atoms with Gasteiger partial charge in [0, 0.05) is 19.6 Å². The summed E-state index contributed by atoms with van der Waals surface area (Å²) in [5.74, 6) is -0.000942. The third kappa shape index (κ3) is 4.78. The molecule has 3 rings (SSSR count). The summed E-state index contributed by atoms with van der Waals surface area (Å²) in [6, 6.07) is 6.55. The van der Waals surface area contributed by atoms with Crippen LogP contribution >= 0.6 is 0 Å². The number of esters is 1. The van der Waals surface area contributed by atoms with Gasteiger partial charge in [0.15, 0.2) is 0 Å². The number of urea groups is 1. The fourth-order valence-electron chi connectivity index (χ4n) is 4.05. The fourth-order valence-corrected chi connectivity index (χ4v) is 4.05. The van der Waals surface area contributed by atoms with Crippen LogP contribution in [-0.2, 0) is 16.1 Å². The highest BCUT2D eigenvalue weighted by molar-refractivity contribution is 6.07. The van der Waals surface area contributed by atoms with Gasteiger partial charge in [0.1, 0.15) is 5.54 Å². The van der Waals surface area contributed by atoms with E-state index in [2.05, 4.69) is 24.1 Å². The Balaban J connectivity index is 1.68. The molecule has 0 aromatic heterocycles. The molecule has 29 heavy (non-hydrogen) atoms. The lowest BCUT2D eigenvalue weighted by molar-refractivity contribution is -0.133. The van der Waals surface area contributed by atoms with E-state index >= 15 is 0 Å². The van der Waals surface area contributed by atoms with Crippen LogP contribution < -0.4 is 5.32 Å². The minimum atomic E-state index is -0.793. The second kappa shape index (κ2) is 8.53. The minimum Gasteiger partial charge on any atom is -0.459 e. The molecule has 1 aromatic rings. The van der Waals surface area contributed by atoms with Crippen molar-refractivity contribution in [3.05, 3.63) is 35.4 Å². The number of ether oxygens (including phenoxy) is 1. The fraction of sp³-hybridized carbons (Fsp3) is 0.591. The van der Waals surface area contributed by atoms with Gasteiger partial charge < -0.3 is 15.0 Å². The predicted octanol–water partition coefficient (Wildman–Crippen LogP) is 2.79. The first kappa shape index (κ1) is 21.3. The molecular formula is C22H31N3O4. The number of rotatable bonds is 6. The number of nitrogens with one attached hydrogen (secondary N) is 1. The molecule has 0 bridgehead atoms. The van der Waals surface area contributed by atoms with Gasteiger partial charge in [-0.2, -0.15) is 0 Å². The topological polar surface area (TPSA) is 79.0 Å². The minimum absolute atomic E-state index is 0.144. The molecule has 0 radical (unpaired) electrons. The molecule has 7 heteroatoms. The van der Waals surface area contributed by atoms with E-state index in [1.165, 1.54) is 4.90 Å². The Hall–Kier alpha value is -2.41. The van der Waals surface area contributed by atoms with Crippen molar-refractivity contribution in [1.82, 2.24) is 15.1 Å². The summed E-state index contributed by atoms with van der Waals surface area (Å²) in [5.41, 5.74) is 0.347. The third-order valence-electron chi connectivity index (χ3n) is 5.42. The van der Waals surface area contributed by atoms with Crippen LogP contribution in [0.4, 0.5) is 4.79 Å². The second-order valence-electron chi connectivity index (χ2n) is 8.75. The van der Waals surface area contributed by atoms with Gasteiger partial charge in [0.25, 0.3) is 5.91 Å². The number of benzene rings is 1. The number of imide groups is 1. The van der Waals surface area contributed by atoms with Gasteiger partial charge in [-0.3, -0.25) is 9.69 Å². The molecule has 2 fully saturated rings. The summed E-state index contributed by atoms with van der Waals surface area (Å²) in [6.07, 6.45) is 1.04. The van der Waals surface area contributed by atoms with E-state index in [1.807, 2.05) is 6.07 Å². The molecular weight excluding hydrogens is 370 g/mol. The molecule has 158 valence electrons. The van der Waals surface area contributed by atoms with E-state index in [1.54, 1.807) is 32.0 Å². The largest absolute Gasteiger partial charge is 0.459 e. The zero-order chi connectivity index (χ0) is 21.2. The van der Waals surface area contributed by atoms with Crippen molar-refractivity contribution in [2.24, 2.45) is 5.92 Å². The first-order valence-electron chi connectivity index (χ1n) is 10.4. The standard InChI is InChI=1S/C22H31N3O4/c1-15(2)13-24-10-8-22(9-11-24)20(27)25(21(28)23-22)14-17-6-5-7-18(12-17)19(26)29-16(3)4/h5-7,12,15-16H,8-11,13-14H2,1-4H3,(H,23,28). The molecule has 1 aromatic carbocycles. The highest BCUT2D eigenvalue weighted by Gasteiger charge is 2.52. The number of nitrogens with zero attached hydrogens (tertiary/aromatic N) is 2. The maximum atomic E-state index is 13.1. The second-order valence-corrected chi connectivity index (χ2v) is 8.75. The van der Waals surface area contributed by atoms with Crippen LogP contribution in [0.25, 0.3) is 0 Å². The molecule has 1 N–H and O–H groups in total. The van der Waals surface area contributed by atoms with Crippen molar-refractivity contribution >= 4 is 17.9 Å². The smallest absolute Gasteiger partial charge is 0.338 e. The maximum Gasteiger partial charge on any atom is 0.338 e. The lowest BCUT2D eigenvalue weighted by atomic mass is 9.87. The van der Waals surface area contributed by atoms with Gasteiger partial charge in [-0.05, 0) is 50.3 Å². The van der Waals surface area contributed by atoms with E-state index in [0.29, 0.717) is 24.3 Å². The monoisotopic (exact) mass is 401 g/mol. The van der Waals surface area contributed by atoms with Crippen LogP contribution in [0, 0.1) is 5.92 Å². The summed E-state index contributed by atoms with van der Waals surface area (Å²) < 4.78 is 5.23. The Labute approximate surface area is 172 Å². The molecule has 1 spiro atoms. The van der Waals surface area contributed by atoms with Crippen LogP contribution in [0.15, 0.2) is 24.3 Å². The Morgan fingerprint density at radius 2 is 1.86 bits per heavy atom. The molecule has 2 heterocycles. The molecule has 0 atom stereocenters. The molecule has 7 nitrogen and oxygen atoms in total. The average molecular weight is 402 g/mol. The number of carbonyl (C=O) groups excluding carboxylic acids is 3. The lowest BCUT2D eigenvalue weighted by Crippen LogP contribution is -2.55. The van der Waals surface area contributed by atoms with Gasteiger partial charge in [0.05, 0.1) is 18.2 Å². The molecule has 0 unspecified atom stereocenters. The molecule has 3 amide bonds. The quantitative estimate of drug-likeness (QED) is 0.586. The first-order valence-corrected chi connectivity index (χ1v) is 10.4. The van der Waals surface area contributed by atoms with Crippen LogP contribution in [0.1, 0.15) is 56.5 Å². The van der Waals surface area contributed by atoms with Crippen molar-refractivity contribution in [1.29, 1.82) is 0 Å². The Bertz CT molecular complexity index is 782. The predicted molar refractivity (Wildman–Crippen MR) is 109 cm³/mol. The summed E-state index contributed by atoms with van der Waals surface area (Å²) in [7, 11) is 0. The number of amides is 3. The number of likely N-dealkylation sites (tertiary alicyclic amines) is 1. The van der Waals surface area contributed by atoms with Crippen LogP contribution in [0.5, 0.6) is 0 Å². The first-order chi connectivity index (χ1) is 13.7. The van der Waals surface area contributed by atoms with E-state index in [0.717, 1.165) is 25.2 Å². The normalized spacial score (nSPS) is 19.3. The molecule has 2 aliphatic rings. The highest BCUT2D eigenvalue weighted by Crippen LogP contribution is 2.30. The van der Waals surface area contributed by atoms with Crippen molar-refractivity contribution in [3.63, 3.8) is 0 Å². The van der Waals surface area contributed by atoms with Crippen molar-refractivity contribution in [2.75, 3.05) is 19.6 Å². The van der Waals surface area contributed by atoms with Gasteiger partial charge in [0.2, 0.25) is 0 Å². The summed E-state index contributed by atoms with van der Waals surface area (Å²) in [4.78, 5) is 41.5. The molecule has 0 saturated carbocycles. The third-order valence-corrected chi connectivity index (χ3v) is 5.42. The Morgan fingerprint density at radius 1 is 1.17 bits per heavy atom. The summed E-state index contributed by atoms with van der Waals surface area (Å²) in [5, 5.41) is 2.95. The molecule has 2 aliphatic heterocycles. The highest BCUT2D eigenvalue weighted by atomic mass is 16.5. The number of hydrogen-bond donors (Lipinski definition) is 1. The Kier molecular flexibility index (Phi) is 6.27. The number of piperidine rings is 1. The van der Waals surface area contributed by atoms with Crippen LogP contribution in [0.2, 0.25) is 0 Å². The van der Waals surface area contributed by atoms with Gasteiger partial charge in [-0.25, -0.2) is 9.59 Å². The van der Waals surface area contributed by atoms with E-state index in [9.17, 15) is 14.4 Å².